The van der Waals surface area contributed by atoms with Crippen LogP contribution in [0.2, 0.25) is 0 Å². The zero-order valence-corrected chi connectivity index (χ0v) is 11.0. The molecule has 10 heteroatoms. The number of pyridine rings is 1. The van der Waals surface area contributed by atoms with Gasteiger partial charge >= 0.3 is 5.69 Å². The molecule has 0 amide bonds. The number of benzene rings is 1. The van der Waals surface area contributed by atoms with Crippen LogP contribution in [0.3, 0.4) is 0 Å². The molecular weight excluding hydrogens is 308 g/mol. The Balaban J connectivity index is 2.38. The van der Waals surface area contributed by atoms with Crippen LogP contribution in [0.4, 0.5) is 20.2 Å². The molecule has 0 saturated carbocycles. The van der Waals surface area contributed by atoms with E-state index in [1.807, 2.05) is 4.72 Å². The number of sulfonamides is 1. The van der Waals surface area contributed by atoms with E-state index in [0.717, 1.165) is 24.4 Å². The number of hydrogen-bond acceptors (Lipinski definition) is 5. The number of halogens is 2. The number of nitro groups is 1. The zero-order valence-electron chi connectivity index (χ0n) is 10.2. The highest BCUT2D eigenvalue weighted by molar-refractivity contribution is 7.92. The van der Waals surface area contributed by atoms with Gasteiger partial charge in [0.05, 0.1) is 21.7 Å². The number of nitrogens with one attached hydrogen (secondary N) is 1. The molecule has 0 atom stereocenters. The standard InChI is InChI=1S/C11H7F2N3O4S/c12-9-3-2-8(5-10(9)16(17)18)21(19,20)15-7-1-4-11(13)14-6-7/h1-6,15H. The quantitative estimate of drug-likeness (QED) is 0.528. The third-order valence-electron chi connectivity index (χ3n) is 2.40. The minimum atomic E-state index is -4.18. The van der Waals surface area contributed by atoms with Crippen LogP contribution >= 0.6 is 0 Å². The summed E-state index contributed by atoms with van der Waals surface area (Å²) in [7, 11) is -4.18. The molecule has 0 spiro atoms. The lowest BCUT2D eigenvalue weighted by atomic mass is 10.3. The van der Waals surface area contributed by atoms with E-state index in [2.05, 4.69) is 4.98 Å². The molecule has 1 aromatic carbocycles. The van der Waals surface area contributed by atoms with Gasteiger partial charge in [0.25, 0.3) is 10.0 Å². The van der Waals surface area contributed by atoms with Gasteiger partial charge in [-0.05, 0) is 24.3 Å². The number of aromatic nitrogens is 1. The molecule has 2 aromatic rings. The van der Waals surface area contributed by atoms with Crippen molar-refractivity contribution in [1.29, 1.82) is 0 Å². The van der Waals surface area contributed by atoms with Crippen molar-refractivity contribution in [2.24, 2.45) is 0 Å². The first kappa shape index (κ1) is 14.8. The Bertz CT molecular complexity index is 794. The Morgan fingerprint density at radius 1 is 1.19 bits per heavy atom. The third kappa shape index (κ3) is 3.28. The highest BCUT2D eigenvalue weighted by Crippen LogP contribution is 2.23. The van der Waals surface area contributed by atoms with Gasteiger partial charge in [-0.1, -0.05) is 0 Å². The van der Waals surface area contributed by atoms with Crippen molar-refractivity contribution in [2.75, 3.05) is 4.72 Å². The summed E-state index contributed by atoms with van der Waals surface area (Å²) in [5, 5.41) is 10.6. The van der Waals surface area contributed by atoms with Crippen molar-refractivity contribution >= 4 is 21.4 Å². The fourth-order valence-corrected chi connectivity index (χ4v) is 2.51. The molecule has 110 valence electrons. The highest BCUT2D eigenvalue weighted by Gasteiger charge is 2.21. The largest absolute Gasteiger partial charge is 0.306 e. The van der Waals surface area contributed by atoms with Gasteiger partial charge in [-0.25, -0.2) is 13.4 Å². The Morgan fingerprint density at radius 2 is 1.90 bits per heavy atom. The van der Waals surface area contributed by atoms with Gasteiger partial charge < -0.3 is 0 Å². The fraction of sp³-hybridized carbons (Fsp3) is 0. The normalized spacial score (nSPS) is 11.1. The Hall–Kier alpha value is -2.62. The fourth-order valence-electron chi connectivity index (χ4n) is 1.45. The molecule has 1 heterocycles. The van der Waals surface area contributed by atoms with Gasteiger partial charge in [0.2, 0.25) is 11.8 Å². The monoisotopic (exact) mass is 315 g/mol. The molecule has 0 aliphatic heterocycles. The molecule has 0 aliphatic rings. The molecule has 0 aliphatic carbocycles. The van der Waals surface area contributed by atoms with E-state index in [1.165, 1.54) is 0 Å². The second-order valence-corrected chi connectivity index (χ2v) is 5.53. The summed E-state index contributed by atoms with van der Waals surface area (Å²) in [4.78, 5) is 12.3. The zero-order chi connectivity index (χ0) is 15.6. The topological polar surface area (TPSA) is 102 Å². The van der Waals surface area contributed by atoms with Crippen molar-refractivity contribution < 1.29 is 22.1 Å². The maximum Gasteiger partial charge on any atom is 0.306 e. The Kier molecular flexibility index (Phi) is 3.80. The van der Waals surface area contributed by atoms with Gasteiger partial charge in [-0.2, -0.15) is 8.78 Å². The van der Waals surface area contributed by atoms with Gasteiger partial charge in [-0.15, -0.1) is 0 Å². The van der Waals surface area contributed by atoms with Crippen LogP contribution in [0.15, 0.2) is 41.4 Å². The van der Waals surface area contributed by atoms with Crippen LogP contribution in [0.1, 0.15) is 0 Å². The van der Waals surface area contributed by atoms with Gasteiger partial charge in [0.15, 0.2) is 0 Å². The van der Waals surface area contributed by atoms with E-state index in [4.69, 9.17) is 0 Å². The molecular formula is C11H7F2N3O4S. The van der Waals surface area contributed by atoms with Crippen LogP contribution in [-0.2, 0) is 10.0 Å². The summed E-state index contributed by atoms with van der Waals surface area (Å²) in [5.41, 5.74) is -1.00. The number of nitrogens with zero attached hydrogens (tertiary/aromatic N) is 2. The number of rotatable bonds is 4. The number of anilines is 1. The van der Waals surface area contributed by atoms with E-state index >= 15 is 0 Å². The molecule has 0 saturated heterocycles. The van der Waals surface area contributed by atoms with Gasteiger partial charge in [0.1, 0.15) is 0 Å². The van der Waals surface area contributed by atoms with Crippen molar-refractivity contribution in [2.45, 2.75) is 4.90 Å². The highest BCUT2D eigenvalue weighted by atomic mass is 32.2. The second-order valence-electron chi connectivity index (χ2n) is 3.85. The van der Waals surface area contributed by atoms with Crippen LogP contribution in [0.5, 0.6) is 0 Å². The summed E-state index contributed by atoms with van der Waals surface area (Å²) in [6.45, 7) is 0. The lowest BCUT2D eigenvalue weighted by molar-refractivity contribution is -0.387. The maximum absolute atomic E-state index is 13.2. The summed E-state index contributed by atoms with van der Waals surface area (Å²) < 4.78 is 51.8. The van der Waals surface area contributed by atoms with Crippen molar-refractivity contribution in [3.8, 4) is 0 Å². The summed E-state index contributed by atoms with van der Waals surface area (Å²) in [6, 6.07) is 4.20. The SMILES string of the molecule is O=[N+]([O-])c1cc(S(=O)(=O)Nc2ccc(F)nc2)ccc1F. The van der Waals surface area contributed by atoms with E-state index in [-0.39, 0.29) is 5.69 Å². The molecule has 0 unspecified atom stereocenters. The average Bonchev–Trinajstić information content (AvgIpc) is 2.41. The van der Waals surface area contributed by atoms with Crippen LogP contribution in [0.25, 0.3) is 0 Å². The first-order valence-electron chi connectivity index (χ1n) is 5.38. The Morgan fingerprint density at radius 3 is 2.48 bits per heavy atom. The molecule has 0 fully saturated rings. The molecule has 2 rings (SSSR count). The molecule has 1 N–H and O–H groups in total. The predicted octanol–water partition coefficient (Wildman–Crippen LogP) is 2.07. The molecule has 1 aromatic heterocycles. The minimum absolute atomic E-state index is 0.0385. The lowest BCUT2D eigenvalue weighted by Gasteiger charge is -2.07. The average molecular weight is 315 g/mol. The van der Waals surface area contributed by atoms with Crippen LogP contribution in [0, 0.1) is 21.9 Å². The van der Waals surface area contributed by atoms with Gasteiger partial charge in [-0.3, -0.25) is 14.8 Å². The van der Waals surface area contributed by atoms with Crippen molar-refractivity contribution in [3.63, 3.8) is 0 Å². The summed E-state index contributed by atoms with van der Waals surface area (Å²) in [5.74, 6) is -1.95. The van der Waals surface area contributed by atoms with E-state index in [1.54, 1.807) is 0 Å². The number of nitro benzene ring substituents is 1. The minimum Gasteiger partial charge on any atom is -0.278 e. The smallest absolute Gasteiger partial charge is 0.278 e. The molecule has 0 radical (unpaired) electrons. The molecule has 0 bridgehead atoms. The predicted molar refractivity (Wildman–Crippen MR) is 68.1 cm³/mol. The Labute approximate surface area is 117 Å². The van der Waals surface area contributed by atoms with Crippen molar-refractivity contribution in [3.05, 3.63) is 58.4 Å². The number of hydrogen-bond donors (Lipinski definition) is 1. The summed E-state index contributed by atoms with van der Waals surface area (Å²) >= 11 is 0. The molecule has 21 heavy (non-hydrogen) atoms. The summed E-state index contributed by atoms with van der Waals surface area (Å²) in [6.07, 6.45) is 0.935. The molecule has 7 nitrogen and oxygen atoms in total. The van der Waals surface area contributed by atoms with E-state index in [0.29, 0.717) is 12.1 Å². The van der Waals surface area contributed by atoms with E-state index < -0.39 is 37.3 Å². The van der Waals surface area contributed by atoms with Gasteiger partial charge in [0, 0.05) is 6.07 Å². The van der Waals surface area contributed by atoms with Crippen LogP contribution < -0.4 is 4.72 Å². The first-order valence-corrected chi connectivity index (χ1v) is 6.86. The second kappa shape index (κ2) is 5.40. The van der Waals surface area contributed by atoms with Crippen LogP contribution in [-0.4, -0.2) is 18.3 Å². The maximum atomic E-state index is 13.2. The lowest BCUT2D eigenvalue weighted by Crippen LogP contribution is -2.13. The first-order chi connectivity index (χ1) is 9.79. The third-order valence-corrected chi connectivity index (χ3v) is 3.78. The van der Waals surface area contributed by atoms with Crippen molar-refractivity contribution in [1.82, 2.24) is 4.98 Å². The van der Waals surface area contributed by atoms with E-state index in [9.17, 15) is 27.3 Å².